The molecular weight excluding hydrogens is 236 g/mol. The molecule has 106 valence electrons. The summed E-state index contributed by atoms with van der Waals surface area (Å²) in [6.07, 6.45) is 1.04. The maximum atomic E-state index is 4.20. The van der Waals surface area contributed by atoms with E-state index in [0.717, 1.165) is 25.5 Å². The molecule has 0 unspecified atom stereocenters. The zero-order valence-electron chi connectivity index (χ0n) is 12.5. The van der Waals surface area contributed by atoms with E-state index < -0.39 is 0 Å². The largest absolute Gasteiger partial charge is 0.385 e. The summed E-state index contributed by atoms with van der Waals surface area (Å²) in [4.78, 5) is 4.20. The molecule has 0 aliphatic heterocycles. The fraction of sp³-hybridized carbons (Fsp3) is 0.533. The fourth-order valence-electron chi connectivity index (χ4n) is 1.62. The lowest BCUT2D eigenvalue weighted by atomic mass is 10.1. The molecule has 1 aromatic carbocycles. The van der Waals surface area contributed by atoms with Gasteiger partial charge in [0.2, 0.25) is 0 Å². The van der Waals surface area contributed by atoms with Gasteiger partial charge >= 0.3 is 0 Å². The van der Waals surface area contributed by atoms with Crippen LogP contribution in [0.3, 0.4) is 0 Å². The molecule has 3 N–H and O–H groups in total. The van der Waals surface area contributed by atoms with Crippen molar-refractivity contribution in [2.24, 2.45) is 4.99 Å². The summed E-state index contributed by atoms with van der Waals surface area (Å²) in [5.41, 5.74) is 1.20. The summed E-state index contributed by atoms with van der Waals surface area (Å²) in [6, 6.07) is 10.3. The summed E-state index contributed by atoms with van der Waals surface area (Å²) in [6.45, 7) is 8.21. The predicted octanol–water partition coefficient (Wildman–Crippen LogP) is 2.45. The topological polar surface area (TPSA) is 48.5 Å². The van der Waals surface area contributed by atoms with Gasteiger partial charge in [0.25, 0.3) is 0 Å². The standard InChI is InChI=1S/C15H26N4/c1-15(2,3)19-14(16-4)18-12-8-11-17-13-9-6-5-7-10-13/h5-7,9-10,17H,8,11-12H2,1-4H3,(H2,16,18,19). The Hall–Kier alpha value is -1.71. The van der Waals surface area contributed by atoms with E-state index in [9.17, 15) is 0 Å². The van der Waals surface area contributed by atoms with E-state index in [1.807, 2.05) is 18.2 Å². The van der Waals surface area contributed by atoms with Gasteiger partial charge in [0.05, 0.1) is 0 Å². The first-order chi connectivity index (χ1) is 9.01. The SMILES string of the molecule is CN=C(NCCCNc1ccccc1)NC(C)(C)C. The first kappa shape index (κ1) is 15.3. The lowest BCUT2D eigenvalue weighted by Gasteiger charge is -2.23. The van der Waals surface area contributed by atoms with Gasteiger partial charge in [0.1, 0.15) is 0 Å². The average molecular weight is 262 g/mol. The number of guanidine groups is 1. The quantitative estimate of drug-likeness (QED) is 0.434. The van der Waals surface area contributed by atoms with Crippen LogP contribution < -0.4 is 16.0 Å². The van der Waals surface area contributed by atoms with Crippen LogP contribution in [0, 0.1) is 0 Å². The second-order valence-electron chi connectivity index (χ2n) is 5.52. The maximum Gasteiger partial charge on any atom is 0.191 e. The van der Waals surface area contributed by atoms with Crippen LogP contribution in [0.1, 0.15) is 27.2 Å². The molecule has 4 nitrogen and oxygen atoms in total. The number of benzene rings is 1. The van der Waals surface area contributed by atoms with Crippen molar-refractivity contribution in [1.29, 1.82) is 0 Å². The zero-order valence-corrected chi connectivity index (χ0v) is 12.5. The lowest BCUT2D eigenvalue weighted by molar-refractivity contribution is 0.501. The third-order valence-corrected chi connectivity index (χ3v) is 2.47. The number of anilines is 1. The zero-order chi connectivity index (χ0) is 14.1. The Morgan fingerprint density at radius 1 is 1.11 bits per heavy atom. The number of rotatable bonds is 5. The van der Waals surface area contributed by atoms with Gasteiger partial charge in [-0.2, -0.15) is 0 Å². The molecule has 0 radical (unpaired) electrons. The third kappa shape index (κ3) is 7.34. The highest BCUT2D eigenvalue weighted by Crippen LogP contribution is 2.04. The molecule has 0 heterocycles. The van der Waals surface area contributed by atoms with Crippen LogP contribution in [0.4, 0.5) is 5.69 Å². The number of nitrogens with zero attached hydrogens (tertiary/aromatic N) is 1. The summed E-state index contributed by atoms with van der Waals surface area (Å²) in [5.74, 6) is 0.854. The highest BCUT2D eigenvalue weighted by atomic mass is 15.2. The molecule has 0 saturated heterocycles. The Morgan fingerprint density at radius 2 is 1.79 bits per heavy atom. The van der Waals surface area contributed by atoms with Crippen molar-refractivity contribution in [3.63, 3.8) is 0 Å². The van der Waals surface area contributed by atoms with E-state index >= 15 is 0 Å². The Labute approximate surface area is 116 Å². The molecule has 0 bridgehead atoms. The van der Waals surface area contributed by atoms with Gasteiger partial charge in [-0.25, -0.2) is 0 Å². The van der Waals surface area contributed by atoms with Crippen LogP contribution in [0.25, 0.3) is 0 Å². The van der Waals surface area contributed by atoms with Crippen LogP contribution in [-0.4, -0.2) is 31.6 Å². The molecule has 19 heavy (non-hydrogen) atoms. The van der Waals surface area contributed by atoms with Crippen LogP contribution >= 0.6 is 0 Å². The van der Waals surface area contributed by atoms with Crippen LogP contribution in [0.5, 0.6) is 0 Å². The monoisotopic (exact) mass is 262 g/mol. The normalized spacial score (nSPS) is 12.1. The number of para-hydroxylation sites is 1. The number of hydrogen-bond acceptors (Lipinski definition) is 2. The highest BCUT2D eigenvalue weighted by Gasteiger charge is 2.10. The number of hydrogen-bond donors (Lipinski definition) is 3. The van der Waals surface area contributed by atoms with E-state index in [1.54, 1.807) is 7.05 Å². The van der Waals surface area contributed by atoms with Crippen molar-refractivity contribution in [1.82, 2.24) is 10.6 Å². The number of aliphatic imine (C=N–C) groups is 1. The van der Waals surface area contributed by atoms with Gasteiger partial charge in [0, 0.05) is 31.4 Å². The van der Waals surface area contributed by atoms with Crippen molar-refractivity contribution in [2.45, 2.75) is 32.7 Å². The Bertz CT molecular complexity index is 379. The van der Waals surface area contributed by atoms with E-state index in [1.165, 1.54) is 5.69 Å². The van der Waals surface area contributed by atoms with E-state index in [-0.39, 0.29) is 5.54 Å². The summed E-state index contributed by atoms with van der Waals surface area (Å²) in [5, 5.41) is 10.0. The molecule has 4 heteroatoms. The van der Waals surface area contributed by atoms with Gasteiger partial charge in [-0.15, -0.1) is 0 Å². The van der Waals surface area contributed by atoms with E-state index in [0.29, 0.717) is 0 Å². The Kier molecular flexibility index (Phi) is 6.19. The van der Waals surface area contributed by atoms with Crippen molar-refractivity contribution in [2.75, 3.05) is 25.5 Å². The van der Waals surface area contributed by atoms with Crippen LogP contribution in [0.2, 0.25) is 0 Å². The second kappa shape index (κ2) is 7.67. The fourth-order valence-corrected chi connectivity index (χ4v) is 1.62. The Balaban J connectivity index is 2.16. The lowest BCUT2D eigenvalue weighted by Crippen LogP contribution is -2.47. The summed E-state index contributed by atoms with van der Waals surface area (Å²) < 4.78 is 0. The summed E-state index contributed by atoms with van der Waals surface area (Å²) in [7, 11) is 1.79. The van der Waals surface area contributed by atoms with Gasteiger partial charge in [0.15, 0.2) is 5.96 Å². The molecule has 0 aliphatic carbocycles. The first-order valence-corrected chi connectivity index (χ1v) is 6.79. The smallest absolute Gasteiger partial charge is 0.191 e. The van der Waals surface area contributed by atoms with Gasteiger partial charge < -0.3 is 16.0 Å². The maximum absolute atomic E-state index is 4.20. The molecule has 0 spiro atoms. The third-order valence-electron chi connectivity index (χ3n) is 2.47. The second-order valence-corrected chi connectivity index (χ2v) is 5.52. The molecule has 1 rings (SSSR count). The van der Waals surface area contributed by atoms with Crippen molar-refractivity contribution in [3.8, 4) is 0 Å². The van der Waals surface area contributed by atoms with Gasteiger partial charge in [-0.05, 0) is 39.3 Å². The average Bonchev–Trinajstić information content (AvgIpc) is 2.37. The minimum atomic E-state index is 0.0319. The molecule has 0 amide bonds. The van der Waals surface area contributed by atoms with Gasteiger partial charge in [-0.3, -0.25) is 4.99 Å². The van der Waals surface area contributed by atoms with E-state index in [4.69, 9.17) is 0 Å². The molecule has 0 saturated carbocycles. The predicted molar refractivity (Wildman–Crippen MR) is 83.8 cm³/mol. The van der Waals surface area contributed by atoms with Crippen molar-refractivity contribution < 1.29 is 0 Å². The van der Waals surface area contributed by atoms with Crippen molar-refractivity contribution in [3.05, 3.63) is 30.3 Å². The van der Waals surface area contributed by atoms with E-state index in [2.05, 4.69) is 53.8 Å². The molecule has 0 aromatic heterocycles. The highest BCUT2D eigenvalue weighted by molar-refractivity contribution is 5.80. The molecule has 0 atom stereocenters. The van der Waals surface area contributed by atoms with Crippen molar-refractivity contribution >= 4 is 11.6 Å². The minimum Gasteiger partial charge on any atom is -0.385 e. The number of nitrogens with one attached hydrogen (secondary N) is 3. The Morgan fingerprint density at radius 3 is 2.37 bits per heavy atom. The minimum absolute atomic E-state index is 0.0319. The summed E-state index contributed by atoms with van der Waals surface area (Å²) >= 11 is 0. The van der Waals surface area contributed by atoms with Crippen LogP contribution in [-0.2, 0) is 0 Å². The molecule has 0 aliphatic rings. The van der Waals surface area contributed by atoms with Crippen LogP contribution in [0.15, 0.2) is 35.3 Å². The molecule has 1 aromatic rings. The molecule has 0 fully saturated rings. The van der Waals surface area contributed by atoms with Gasteiger partial charge in [-0.1, -0.05) is 18.2 Å². The molecular formula is C15H26N4. The first-order valence-electron chi connectivity index (χ1n) is 6.79.